The van der Waals surface area contributed by atoms with E-state index in [1.54, 1.807) is 0 Å². The Morgan fingerprint density at radius 2 is 1.62 bits per heavy atom. The molecule has 1 heteroatoms. The van der Waals surface area contributed by atoms with E-state index in [1.165, 1.54) is 36.8 Å². The fourth-order valence-electron chi connectivity index (χ4n) is 2.89. The molecule has 1 aliphatic rings. The zero-order valence-electron chi connectivity index (χ0n) is 10.7. The van der Waals surface area contributed by atoms with Gasteiger partial charge in [0.25, 0.3) is 0 Å². The SMILES string of the molecule is CCC(CC)NC1(C)Cc2ccccc2C1. The van der Waals surface area contributed by atoms with Crippen molar-refractivity contribution in [2.45, 2.75) is 58.0 Å². The Kier molecular flexibility index (Phi) is 3.34. The van der Waals surface area contributed by atoms with Gasteiger partial charge in [0.2, 0.25) is 0 Å². The predicted molar refractivity (Wildman–Crippen MR) is 69.8 cm³/mol. The molecule has 88 valence electrons. The monoisotopic (exact) mass is 217 g/mol. The van der Waals surface area contributed by atoms with E-state index < -0.39 is 0 Å². The molecule has 0 unspecified atom stereocenters. The van der Waals surface area contributed by atoms with Crippen LogP contribution in [-0.4, -0.2) is 11.6 Å². The highest BCUT2D eigenvalue weighted by atomic mass is 15.0. The van der Waals surface area contributed by atoms with E-state index in [0.717, 1.165) is 0 Å². The number of benzene rings is 1. The first kappa shape index (κ1) is 11.7. The summed E-state index contributed by atoms with van der Waals surface area (Å²) in [5.74, 6) is 0. The first-order valence-electron chi connectivity index (χ1n) is 6.51. The number of hydrogen-bond acceptors (Lipinski definition) is 1. The highest BCUT2D eigenvalue weighted by Gasteiger charge is 2.33. The minimum Gasteiger partial charge on any atom is -0.308 e. The Labute approximate surface area is 99.3 Å². The lowest BCUT2D eigenvalue weighted by Crippen LogP contribution is -2.48. The lowest BCUT2D eigenvalue weighted by molar-refractivity contribution is 0.309. The van der Waals surface area contributed by atoms with Crippen LogP contribution in [0.2, 0.25) is 0 Å². The van der Waals surface area contributed by atoms with Gasteiger partial charge in [0, 0.05) is 11.6 Å². The zero-order chi connectivity index (χ0) is 11.6. The highest BCUT2D eigenvalue weighted by Crippen LogP contribution is 2.30. The van der Waals surface area contributed by atoms with Crippen molar-refractivity contribution in [2.24, 2.45) is 0 Å². The Hall–Kier alpha value is -0.820. The molecule has 1 N–H and O–H groups in total. The Balaban J connectivity index is 2.08. The van der Waals surface area contributed by atoms with Gasteiger partial charge in [-0.3, -0.25) is 0 Å². The molecule has 16 heavy (non-hydrogen) atoms. The van der Waals surface area contributed by atoms with Crippen molar-refractivity contribution in [3.63, 3.8) is 0 Å². The summed E-state index contributed by atoms with van der Waals surface area (Å²) in [6, 6.07) is 9.52. The van der Waals surface area contributed by atoms with Crippen molar-refractivity contribution in [3.05, 3.63) is 35.4 Å². The lowest BCUT2D eigenvalue weighted by atomic mass is 9.96. The second-order valence-corrected chi connectivity index (χ2v) is 5.34. The van der Waals surface area contributed by atoms with Gasteiger partial charge in [0.1, 0.15) is 0 Å². The van der Waals surface area contributed by atoms with Crippen molar-refractivity contribution < 1.29 is 0 Å². The van der Waals surface area contributed by atoms with Crippen LogP contribution in [0, 0.1) is 0 Å². The van der Waals surface area contributed by atoms with E-state index in [1.807, 2.05) is 0 Å². The van der Waals surface area contributed by atoms with Gasteiger partial charge in [-0.2, -0.15) is 0 Å². The van der Waals surface area contributed by atoms with Crippen LogP contribution in [0.4, 0.5) is 0 Å². The van der Waals surface area contributed by atoms with E-state index in [9.17, 15) is 0 Å². The minimum absolute atomic E-state index is 0.278. The maximum atomic E-state index is 3.84. The molecule has 0 saturated heterocycles. The molecule has 0 heterocycles. The van der Waals surface area contributed by atoms with Gasteiger partial charge in [-0.1, -0.05) is 38.1 Å². The van der Waals surface area contributed by atoms with Crippen molar-refractivity contribution in [3.8, 4) is 0 Å². The van der Waals surface area contributed by atoms with Gasteiger partial charge in [-0.05, 0) is 43.7 Å². The van der Waals surface area contributed by atoms with Crippen LogP contribution in [0.1, 0.15) is 44.7 Å². The summed E-state index contributed by atoms with van der Waals surface area (Å²) in [5.41, 5.74) is 3.34. The Morgan fingerprint density at radius 3 is 2.06 bits per heavy atom. The second-order valence-electron chi connectivity index (χ2n) is 5.34. The standard InChI is InChI=1S/C15H23N/c1-4-14(5-2)16-15(3)10-12-8-6-7-9-13(12)11-15/h6-9,14,16H,4-5,10-11H2,1-3H3. The van der Waals surface area contributed by atoms with E-state index in [0.29, 0.717) is 6.04 Å². The number of hydrogen-bond donors (Lipinski definition) is 1. The lowest BCUT2D eigenvalue weighted by Gasteiger charge is -2.30. The fraction of sp³-hybridized carbons (Fsp3) is 0.600. The molecular weight excluding hydrogens is 194 g/mol. The summed E-state index contributed by atoms with van der Waals surface area (Å²) in [6.45, 7) is 6.91. The largest absolute Gasteiger partial charge is 0.308 e. The highest BCUT2D eigenvalue weighted by molar-refractivity contribution is 5.35. The van der Waals surface area contributed by atoms with Crippen LogP contribution < -0.4 is 5.32 Å². The summed E-state index contributed by atoms with van der Waals surface area (Å²) >= 11 is 0. The van der Waals surface area contributed by atoms with Crippen LogP contribution >= 0.6 is 0 Å². The fourth-order valence-corrected chi connectivity index (χ4v) is 2.89. The molecular formula is C15H23N. The predicted octanol–water partition coefficient (Wildman–Crippen LogP) is 3.32. The molecule has 0 spiro atoms. The van der Waals surface area contributed by atoms with E-state index in [4.69, 9.17) is 0 Å². The number of nitrogens with one attached hydrogen (secondary N) is 1. The number of rotatable bonds is 4. The third-order valence-corrected chi connectivity index (χ3v) is 3.82. The smallest absolute Gasteiger partial charge is 0.0236 e. The summed E-state index contributed by atoms with van der Waals surface area (Å²) in [4.78, 5) is 0. The second kappa shape index (κ2) is 4.58. The van der Waals surface area contributed by atoms with Crippen LogP contribution in [0.15, 0.2) is 24.3 Å². The molecule has 2 rings (SSSR count). The Morgan fingerprint density at radius 1 is 1.12 bits per heavy atom. The van der Waals surface area contributed by atoms with Crippen LogP contribution in [-0.2, 0) is 12.8 Å². The van der Waals surface area contributed by atoms with Crippen molar-refractivity contribution >= 4 is 0 Å². The molecule has 0 saturated carbocycles. The normalized spacial score (nSPS) is 17.8. The topological polar surface area (TPSA) is 12.0 Å². The van der Waals surface area contributed by atoms with E-state index in [-0.39, 0.29) is 5.54 Å². The molecule has 0 aliphatic heterocycles. The zero-order valence-corrected chi connectivity index (χ0v) is 10.7. The third-order valence-electron chi connectivity index (χ3n) is 3.82. The van der Waals surface area contributed by atoms with Crippen LogP contribution in [0.5, 0.6) is 0 Å². The molecule has 1 aliphatic carbocycles. The number of fused-ring (bicyclic) bond motifs is 1. The average molecular weight is 217 g/mol. The molecule has 1 aromatic carbocycles. The summed E-state index contributed by atoms with van der Waals surface area (Å²) in [7, 11) is 0. The van der Waals surface area contributed by atoms with Gasteiger partial charge in [0.15, 0.2) is 0 Å². The van der Waals surface area contributed by atoms with Gasteiger partial charge in [0.05, 0.1) is 0 Å². The van der Waals surface area contributed by atoms with Gasteiger partial charge in [-0.25, -0.2) is 0 Å². The average Bonchev–Trinajstić information content (AvgIpc) is 2.62. The molecule has 0 fully saturated rings. The van der Waals surface area contributed by atoms with Crippen molar-refractivity contribution in [2.75, 3.05) is 0 Å². The van der Waals surface area contributed by atoms with Crippen LogP contribution in [0.3, 0.4) is 0 Å². The third kappa shape index (κ3) is 2.30. The first-order valence-corrected chi connectivity index (χ1v) is 6.51. The molecule has 0 aromatic heterocycles. The minimum atomic E-state index is 0.278. The molecule has 1 nitrogen and oxygen atoms in total. The quantitative estimate of drug-likeness (QED) is 0.816. The first-order chi connectivity index (χ1) is 7.67. The van der Waals surface area contributed by atoms with Gasteiger partial charge < -0.3 is 5.32 Å². The maximum absolute atomic E-state index is 3.84. The molecule has 0 bridgehead atoms. The Bertz CT molecular complexity index is 327. The van der Waals surface area contributed by atoms with Crippen molar-refractivity contribution in [1.29, 1.82) is 0 Å². The molecule has 0 atom stereocenters. The summed E-state index contributed by atoms with van der Waals surface area (Å²) in [6.07, 6.45) is 4.81. The maximum Gasteiger partial charge on any atom is 0.0236 e. The van der Waals surface area contributed by atoms with Crippen LogP contribution in [0.25, 0.3) is 0 Å². The molecule has 0 amide bonds. The summed E-state index contributed by atoms with van der Waals surface area (Å²) < 4.78 is 0. The van der Waals surface area contributed by atoms with E-state index >= 15 is 0 Å². The summed E-state index contributed by atoms with van der Waals surface area (Å²) in [5, 5.41) is 3.84. The van der Waals surface area contributed by atoms with Gasteiger partial charge >= 0.3 is 0 Å². The molecule has 1 aromatic rings. The van der Waals surface area contributed by atoms with Crippen molar-refractivity contribution in [1.82, 2.24) is 5.32 Å². The van der Waals surface area contributed by atoms with Gasteiger partial charge in [-0.15, -0.1) is 0 Å². The van der Waals surface area contributed by atoms with E-state index in [2.05, 4.69) is 50.4 Å². The molecule has 0 radical (unpaired) electrons.